The molecule has 0 aliphatic carbocycles. The van der Waals surface area contributed by atoms with Crippen LogP contribution in [0.3, 0.4) is 0 Å². The van der Waals surface area contributed by atoms with Gasteiger partial charge in [-0.15, -0.1) is 0 Å². The molecular formula is C14H31O5S. The first-order valence-electron chi connectivity index (χ1n) is 7.48. The van der Waals surface area contributed by atoms with Crippen LogP contribution in [0.4, 0.5) is 0 Å². The molecule has 0 amide bonds. The minimum Gasteiger partial charge on any atom is -0.381 e. The maximum atomic E-state index is 8.74. The molecule has 1 radical (unpaired) electrons. The van der Waals surface area contributed by atoms with Gasteiger partial charge in [0.1, 0.15) is 0 Å². The quantitative estimate of drug-likeness (QED) is 0.418. The van der Waals surface area contributed by atoms with Crippen molar-refractivity contribution >= 4 is 10.4 Å². The fourth-order valence-electron chi connectivity index (χ4n) is 1.79. The topological polar surface area (TPSA) is 83.8 Å². The summed E-state index contributed by atoms with van der Waals surface area (Å²) in [4.78, 5) is 0. The summed E-state index contributed by atoms with van der Waals surface area (Å²) in [5, 5.41) is 0. The summed E-state index contributed by atoms with van der Waals surface area (Å²) in [6.45, 7) is 7.44. The molecule has 0 atom stereocenters. The zero-order chi connectivity index (χ0) is 15.7. The van der Waals surface area contributed by atoms with Crippen molar-refractivity contribution in [1.29, 1.82) is 0 Å². The SMILES string of the molecule is O=S(=O)(O)O.[CH2]COCCCCCCCCCCCC. The third kappa shape index (κ3) is 36.1. The fraction of sp³-hybridized carbons (Fsp3) is 0.929. The number of rotatable bonds is 12. The summed E-state index contributed by atoms with van der Waals surface area (Å²) in [5.41, 5.74) is 0. The predicted octanol–water partition coefficient (Wildman–Crippen LogP) is 4.11. The maximum absolute atomic E-state index is 8.74. The van der Waals surface area contributed by atoms with E-state index >= 15 is 0 Å². The summed E-state index contributed by atoms with van der Waals surface area (Å²) in [6.07, 6.45) is 13.9. The highest BCUT2D eigenvalue weighted by atomic mass is 32.3. The van der Waals surface area contributed by atoms with E-state index in [0.29, 0.717) is 6.61 Å². The molecule has 0 aliphatic heterocycles. The van der Waals surface area contributed by atoms with Gasteiger partial charge in [-0.05, 0) is 13.3 Å². The number of hydrogen-bond donors (Lipinski definition) is 2. The van der Waals surface area contributed by atoms with E-state index in [1.54, 1.807) is 0 Å². The summed E-state index contributed by atoms with van der Waals surface area (Å²) in [7, 11) is -4.67. The molecule has 0 fully saturated rings. The highest BCUT2D eigenvalue weighted by Crippen LogP contribution is 2.10. The van der Waals surface area contributed by atoms with Gasteiger partial charge in [-0.25, -0.2) is 0 Å². The lowest BCUT2D eigenvalue weighted by Crippen LogP contribution is -1.93. The Kier molecular flexibility index (Phi) is 18.7. The van der Waals surface area contributed by atoms with E-state index in [9.17, 15) is 0 Å². The number of unbranched alkanes of at least 4 members (excludes halogenated alkanes) is 9. The van der Waals surface area contributed by atoms with Gasteiger partial charge in [-0.1, -0.05) is 64.7 Å². The normalized spacial score (nSPS) is 11.0. The van der Waals surface area contributed by atoms with E-state index in [-0.39, 0.29) is 0 Å². The first-order valence-corrected chi connectivity index (χ1v) is 8.88. The lowest BCUT2D eigenvalue weighted by atomic mass is 10.1. The molecule has 0 aromatic rings. The standard InChI is InChI=1S/C14H29O.H2O4S/c1-3-5-6-7-8-9-10-11-12-13-14-15-4-2;1-5(2,3)4/h2-14H2,1H3;(H2,1,2,3,4). The van der Waals surface area contributed by atoms with Crippen molar-refractivity contribution < 1.29 is 22.3 Å². The Hall–Kier alpha value is -0.170. The van der Waals surface area contributed by atoms with Gasteiger partial charge >= 0.3 is 10.4 Å². The Morgan fingerprint density at radius 2 is 1.20 bits per heavy atom. The van der Waals surface area contributed by atoms with Crippen molar-refractivity contribution in [3.63, 3.8) is 0 Å². The Morgan fingerprint density at radius 1 is 0.850 bits per heavy atom. The van der Waals surface area contributed by atoms with Crippen LogP contribution < -0.4 is 0 Å². The van der Waals surface area contributed by atoms with Crippen LogP contribution >= 0.6 is 0 Å². The largest absolute Gasteiger partial charge is 0.394 e. The van der Waals surface area contributed by atoms with Crippen LogP contribution in [0.2, 0.25) is 0 Å². The minimum absolute atomic E-state index is 0.622. The molecule has 20 heavy (non-hydrogen) atoms. The zero-order valence-corrected chi connectivity index (χ0v) is 13.5. The molecule has 0 spiro atoms. The molecule has 0 saturated heterocycles. The van der Waals surface area contributed by atoms with Crippen LogP contribution in [0.15, 0.2) is 0 Å². The highest BCUT2D eigenvalue weighted by Gasteiger charge is 1.92. The van der Waals surface area contributed by atoms with Crippen molar-refractivity contribution in [2.24, 2.45) is 0 Å². The Labute approximate surface area is 124 Å². The number of hydrogen-bond acceptors (Lipinski definition) is 3. The molecule has 0 aromatic heterocycles. The Bertz CT molecular complexity index is 245. The smallest absolute Gasteiger partial charge is 0.381 e. The average Bonchev–Trinajstić information content (AvgIpc) is 2.34. The van der Waals surface area contributed by atoms with Crippen LogP contribution in [0.25, 0.3) is 0 Å². The third-order valence-corrected chi connectivity index (χ3v) is 2.79. The van der Waals surface area contributed by atoms with Crippen molar-refractivity contribution in [3.8, 4) is 0 Å². The van der Waals surface area contributed by atoms with Gasteiger partial charge in [0.15, 0.2) is 0 Å². The first-order chi connectivity index (χ1) is 9.41. The molecule has 123 valence electrons. The van der Waals surface area contributed by atoms with Gasteiger partial charge in [-0.2, -0.15) is 8.42 Å². The molecule has 0 aromatic carbocycles. The minimum atomic E-state index is -4.67. The monoisotopic (exact) mass is 311 g/mol. The zero-order valence-electron chi connectivity index (χ0n) is 12.7. The van der Waals surface area contributed by atoms with E-state index < -0.39 is 10.4 Å². The summed E-state index contributed by atoms with van der Waals surface area (Å²) >= 11 is 0. The molecule has 0 bridgehead atoms. The predicted molar refractivity (Wildman–Crippen MR) is 82.2 cm³/mol. The second-order valence-electron chi connectivity index (χ2n) is 4.74. The second-order valence-corrected chi connectivity index (χ2v) is 5.64. The highest BCUT2D eigenvalue weighted by molar-refractivity contribution is 7.79. The van der Waals surface area contributed by atoms with Crippen LogP contribution in [0.5, 0.6) is 0 Å². The third-order valence-electron chi connectivity index (χ3n) is 2.79. The van der Waals surface area contributed by atoms with E-state index in [0.717, 1.165) is 6.61 Å². The Morgan fingerprint density at radius 3 is 1.55 bits per heavy atom. The van der Waals surface area contributed by atoms with E-state index in [2.05, 4.69) is 13.8 Å². The van der Waals surface area contributed by atoms with Crippen LogP contribution in [0, 0.1) is 6.92 Å². The van der Waals surface area contributed by atoms with Crippen LogP contribution in [-0.2, 0) is 15.1 Å². The van der Waals surface area contributed by atoms with Crippen molar-refractivity contribution in [1.82, 2.24) is 0 Å². The molecule has 0 saturated carbocycles. The van der Waals surface area contributed by atoms with Crippen molar-refractivity contribution in [2.75, 3.05) is 13.2 Å². The Balaban J connectivity index is 0. The molecule has 0 heterocycles. The average molecular weight is 311 g/mol. The van der Waals surface area contributed by atoms with Crippen molar-refractivity contribution in [3.05, 3.63) is 6.92 Å². The number of ether oxygens (including phenoxy) is 1. The van der Waals surface area contributed by atoms with E-state index in [1.165, 1.54) is 64.2 Å². The summed E-state index contributed by atoms with van der Waals surface area (Å²) < 4.78 is 36.8. The molecule has 2 N–H and O–H groups in total. The van der Waals surface area contributed by atoms with Crippen LogP contribution in [0.1, 0.15) is 71.1 Å². The molecule has 0 rings (SSSR count). The fourth-order valence-corrected chi connectivity index (χ4v) is 1.79. The van der Waals surface area contributed by atoms with Gasteiger partial charge in [0, 0.05) is 13.2 Å². The van der Waals surface area contributed by atoms with E-state index in [1.807, 2.05) is 0 Å². The summed E-state index contributed by atoms with van der Waals surface area (Å²) in [5.74, 6) is 0. The molecule has 5 nitrogen and oxygen atoms in total. The lowest BCUT2D eigenvalue weighted by molar-refractivity contribution is 0.156. The van der Waals surface area contributed by atoms with Crippen molar-refractivity contribution in [2.45, 2.75) is 71.1 Å². The van der Waals surface area contributed by atoms with Gasteiger partial charge in [0.05, 0.1) is 0 Å². The van der Waals surface area contributed by atoms with Crippen LogP contribution in [-0.4, -0.2) is 30.7 Å². The lowest BCUT2D eigenvalue weighted by Gasteiger charge is -2.02. The van der Waals surface area contributed by atoms with E-state index in [4.69, 9.17) is 22.3 Å². The molecule has 0 unspecified atom stereocenters. The summed E-state index contributed by atoms with van der Waals surface area (Å²) in [6, 6.07) is 0. The first kappa shape index (κ1) is 22.1. The van der Waals surface area contributed by atoms with Gasteiger partial charge in [0.2, 0.25) is 0 Å². The molecule has 6 heteroatoms. The van der Waals surface area contributed by atoms with Gasteiger partial charge in [-0.3, -0.25) is 9.11 Å². The second kappa shape index (κ2) is 16.9. The van der Waals surface area contributed by atoms with Gasteiger partial charge < -0.3 is 4.74 Å². The molecular weight excluding hydrogens is 280 g/mol. The molecule has 0 aliphatic rings. The van der Waals surface area contributed by atoms with Gasteiger partial charge in [0.25, 0.3) is 0 Å². The maximum Gasteiger partial charge on any atom is 0.394 e.